The summed E-state index contributed by atoms with van der Waals surface area (Å²) >= 11 is 0. The zero-order chi connectivity index (χ0) is 36.6. The highest BCUT2D eigenvalue weighted by molar-refractivity contribution is 5.95. The Morgan fingerprint density at radius 2 is 1.69 bits per heavy atom. The van der Waals surface area contributed by atoms with Crippen LogP contribution in [0.4, 0.5) is 4.39 Å². The summed E-state index contributed by atoms with van der Waals surface area (Å²) in [6.45, 7) is 0.660. The van der Waals surface area contributed by atoms with Gasteiger partial charge in [-0.25, -0.2) is 4.39 Å². The van der Waals surface area contributed by atoms with E-state index >= 15 is 0 Å². The van der Waals surface area contributed by atoms with Gasteiger partial charge in [-0.1, -0.05) is 18.2 Å². The monoisotopic (exact) mass is 712 g/mol. The lowest BCUT2D eigenvalue weighted by Gasteiger charge is -2.39. The van der Waals surface area contributed by atoms with Crippen LogP contribution in [0.15, 0.2) is 78.9 Å². The van der Waals surface area contributed by atoms with E-state index in [9.17, 15) is 18.8 Å². The number of carbonyl (C=O) groups is 3. The van der Waals surface area contributed by atoms with E-state index in [1.54, 1.807) is 41.3 Å². The van der Waals surface area contributed by atoms with E-state index in [0.717, 1.165) is 11.1 Å². The maximum atomic E-state index is 14.2. The number of likely N-dealkylation sites (tertiary alicyclic amines) is 1. The fraction of sp³-hybridized carbons (Fsp3) is 0.308. The maximum Gasteiger partial charge on any atom is 0.258 e. The Balaban J connectivity index is 1.23. The summed E-state index contributed by atoms with van der Waals surface area (Å²) in [5, 5.41) is 5.97. The highest BCUT2D eigenvalue weighted by Gasteiger charge is 2.35. The van der Waals surface area contributed by atoms with E-state index in [0.29, 0.717) is 66.5 Å². The van der Waals surface area contributed by atoms with Gasteiger partial charge in [-0.2, -0.15) is 0 Å². The van der Waals surface area contributed by atoms with Crippen LogP contribution in [0.25, 0.3) is 0 Å². The molecule has 5 aliphatic rings. The van der Waals surface area contributed by atoms with Crippen molar-refractivity contribution in [2.75, 3.05) is 33.9 Å². The van der Waals surface area contributed by atoms with Crippen LogP contribution in [0.2, 0.25) is 0 Å². The topological polar surface area (TPSA) is 151 Å². The molecule has 0 radical (unpaired) electrons. The van der Waals surface area contributed by atoms with Gasteiger partial charge < -0.3 is 45.0 Å². The molecule has 12 nitrogen and oxygen atoms in total. The molecule has 4 bridgehead atoms. The number of halogens is 1. The lowest BCUT2D eigenvalue weighted by molar-refractivity contribution is -0.125. The van der Waals surface area contributed by atoms with Gasteiger partial charge in [0.05, 0.1) is 20.3 Å². The third kappa shape index (κ3) is 8.90. The lowest BCUT2D eigenvalue weighted by Crippen LogP contribution is -2.58. The van der Waals surface area contributed by atoms with Gasteiger partial charge in [0.1, 0.15) is 23.4 Å². The molecule has 5 heterocycles. The second-order valence-corrected chi connectivity index (χ2v) is 12.5. The number of ether oxygens (including phenoxy) is 5. The molecule has 0 unspecified atom stereocenters. The van der Waals surface area contributed by atoms with Gasteiger partial charge in [-0.05, 0) is 77.7 Å². The van der Waals surface area contributed by atoms with E-state index in [1.165, 1.54) is 26.4 Å². The number of amides is 3. The Labute approximate surface area is 300 Å². The summed E-state index contributed by atoms with van der Waals surface area (Å²) in [7, 11) is 2.98. The summed E-state index contributed by atoms with van der Waals surface area (Å²) in [5.41, 5.74) is 8.36. The SMILES string of the molecule is COc1cc2ccc1OCC(=O)N[C@@H]1CN(C(=O)c3ccc(OC)c(Oc4cc(F)cc(CN)c4)c3)CC[C@H]1Oc1ccc(cc1)CNC(=O)CC2. The standard InChI is InChI=1S/C39H41FN4O8/c1-48-33-11-7-27(18-36(33)52-30-16-26(20-41)15-28(40)19-30)39(47)44-14-13-32-31(22-44)43-38(46)23-50-34-10-5-24(17-35(34)49-2)6-12-37(45)42-21-25-3-8-29(51-32)9-4-25/h3-5,7-11,15-19,31-32H,6,12-14,20-23,41H2,1-2H3,(H,42,45)(H,43,46)/t31-,32-/m1/s1. The Hall–Kier alpha value is -5.82. The molecular formula is C39H41FN4O8. The number of hydrogen-bond acceptors (Lipinski definition) is 9. The van der Waals surface area contributed by atoms with E-state index in [4.69, 9.17) is 29.4 Å². The summed E-state index contributed by atoms with van der Waals surface area (Å²) < 4.78 is 43.4. The molecule has 4 aromatic carbocycles. The molecule has 1 fully saturated rings. The van der Waals surface area contributed by atoms with E-state index in [1.807, 2.05) is 30.3 Å². The van der Waals surface area contributed by atoms with Crippen LogP contribution in [-0.4, -0.2) is 68.7 Å². The summed E-state index contributed by atoms with van der Waals surface area (Å²) in [6.07, 6.45) is 0.738. The predicted octanol–water partition coefficient (Wildman–Crippen LogP) is 4.51. The van der Waals surface area contributed by atoms with Crippen LogP contribution in [0.5, 0.6) is 34.5 Å². The Bertz CT molecular complexity index is 1920. The number of hydrogen-bond donors (Lipinski definition) is 3. The maximum absolute atomic E-state index is 14.2. The summed E-state index contributed by atoms with van der Waals surface area (Å²) in [5.74, 6) is 0.882. The number of aryl methyl sites for hydroxylation is 1. The molecule has 0 saturated carbocycles. The fourth-order valence-corrected chi connectivity index (χ4v) is 6.18. The normalized spacial score (nSPS) is 17.9. The van der Waals surface area contributed by atoms with Gasteiger partial charge in [0, 0.05) is 50.7 Å². The minimum atomic E-state index is -0.599. The Morgan fingerprint density at radius 3 is 2.46 bits per heavy atom. The molecule has 13 heteroatoms. The zero-order valence-corrected chi connectivity index (χ0v) is 29.0. The summed E-state index contributed by atoms with van der Waals surface area (Å²) in [6, 6.07) is 21.1. The van der Waals surface area contributed by atoms with Crippen molar-refractivity contribution in [1.82, 2.24) is 15.5 Å². The largest absolute Gasteiger partial charge is 0.493 e. The molecule has 9 rings (SSSR count). The van der Waals surface area contributed by atoms with E-state index in [2.05, 4.69) is 10.6 Å². The molecule has 0 aromatic heterocycles. The smallest absolute Gasteiger partial charge is 0.258 e. The van der Waals surface area contributed by atoms with Crippen molar-refractivity contribution in [2.24, 2.45) is 5.73 Å². The van der Waals surface area contributed by atoms with Gasteiger partial charge in [-0.15, -0.1) is 0 Å². The number of nitrogens with two attached hydrogens (primary N) is 1. The van der Waals surface area contributed by atoms with Crippen molar-refractivity contribution in [2.45, 2.75) is 44.5 Å². The van der Waals surface area contributed by atoms with Gasteiger partial charge in [-0.3, -0.25) is 14.4 Å². The van der Waals surface area contributed by atoms with Crippen LogP contribution in [0, 0.1) is 5.82 Å². The van der Waals surface area contributed by atoms with Crippen LogP contribution < -0.4 is 40.1 Å². The van der Waals surface area contributed by atoms with E-state index < -0.39 is 23.9 Å². The van der Waals surface area contributed by atoms with Gasteiger partial charge in [0.25, 0.3) is 11.8 Å². The average Bonchev–Trinajstić information content (AvgIpc) is 3.15. The van der Waals surface area contributed by atoms with Gasteiger partial charge in [0.2, 0.25) is 5.91 Å². The summed E-state index contributed by atoms with van der Waals surface area (Å²) in [4.78, 5) is 41.5. The molecule has 1 saturated heterocycles. The third-order valence-electron chi connectivity index (χ3n) is 8.92. The van der Waals surface area contributed by atoms with Crippen LogP contribution >= 0.6 is 0 Å². The lowest BCUT2D eigenvalue weighted by atomic mass is 10.00. The van der Waals surface area contributed by atoms with Crippen molar-refractivity contribution in [3.05, 3.63) is 107 Å². The molecule has 0 aliphatic carbocycles. The van der Waals surface area contributed by atoms with Crippen molar-refractivity contribution in [3.63, 3.8) is 0 Å². The molecule has 3 amide bonds. The van der Waals surface area contributed by atoms with Crippen LogP contribution in [-0.2, 0) is 29.1 Å². The van der Waals surface area contributed by atoms with Crippen molar-refractivity contribution < 1.29 is 42.5 Å². The highest BCUT2D eigenvalue weighted by atomic mass is 19.1. The number of nitrogens with one attached hydrogen (secondary N) is 2. The molecule has 0 spiro atoms. The number of piperidine rings is 1. The zero-order valence-electron chi connectivity index (χ0n) is 29.0. The van der Waals surface area contributed by atoms with Crippen molar-refractivity contribution in [3.8, 4) is 34.5 Å². The van der Waals surface area contributed by atoms with Crippen molar-refractivity contribution >= 4 is 17.7 Å². The first-order valence-electron chi connectivity index (χ1n) is 17.0. The van der Waals surface area contributed by atoms with Crippen LogP contribution in [0.3, 0.4) is 0 Å². The number of rotatable bonds is 6. The second-order valence-electron chi connectivity index (χ2n) is 12.5. The number of methoxy groups -OCH3 is 2. The molecule has 4 aromatic rings. The minimum absolute atomic E-state index is 0.0825. The molecule has 2 atom stereocenters. The first-order valence-corrected chi connectivity index (χ1v) is 17.0. The number of benzene rings is 4. The van der Waals surface area contributed by atoms with Crippen molar-refractivity contribution in [1.29, 1.82) is 0 Å². The third-order valence-corrected chi connectivity index (χ3v) is 8.92. The fourth-order valence-electron chi connectivity index (χ4n) is 6.18. The highest BCUT2D eigenvalue weighted by Crippen LogP contribution is 2.34. The molecule has 5 aliphatic heterocycles. The van der Waals surface area contributed by atoms with Gasteiger partial charge in [0.15, 0.2) is 29.6 Å². The predicted molar refractivity (Wildman–Crippen MR) is 189 cm³/mol. The Morgan fingerprint density at radius 1 is 0.904 bits per heavy atom. The number of carbonyl (C=O) groups excluding carboxylic acids is 3. The van der Waals surface area contributed by atoms with Crippen LogP contribution in [0.1, 0.15) is 39.9 Å². The molecule has 52 heavy (non-hydrogen) atoms. The Kier molecular flexibility index (Phi) is 11.4. The second kappa shape index (κ2) is 16.5. The first-order chi connectivity index (χ1) is 25.2. The molecule has 272 valence electrons. The van der Waals surface area contributed by atoms with Gasteiger partial charge >= 0.3 is 0 Å². The average molecular weight is 713 g/mol. The minimum Gasteiger partial charge on any atom is -0.493 e. The molecular weight excluding hydrogens is 671 g/mol. The quantitative estimate of drug-likeness (QED) is 0.262. The first kappa shape index (κ1) is 36.0. The number of nitrogens with zero attached hydrogens (tertiary/aromatic N) is 1. The van der Waals surface area contributed by atoms with E-state index in [-0.39, 0.29) is 43.0 Å². The molecule has 4 N–H and O–H groups in total.